The molecule has 0 saturated heterocycles. The van der Waals surface area contributed by atoms with Crippen molar-refractivity contribution in [2.45, 2.75) is 6.92 Å². The van der Waals surface area contributed by atoms with E-state index in [-0.39, 0.29) is 11.4 Å². The Labute approximate surface area is 76.1 Å². The van der Waals surface area contributed by atoms with Gasteiger partial charge >= 0.3 is 0 Å². The first kappa shape index (κ1) is 9.32. The average Bonchev–Trinajstić information content (AvgIpc) is 2.15. The van der Waals surface area contributed by atoms with Crippen molar-refractivity contribution < 1.29 is 9.59 Å². The highest BCUT2D eigenvalue weighted by Gasteiger charge is 2.00. The monoisotopic (exact) mass is 175 g/mol. The summed E-state index contributed by atoms with van der Waals surface area (Å²) in [5.74, 6) is -0.237. The lowest BCUT2D eigenvalue weighted by molar-refractivity contribution is -0.115. The van der Waals surface area contributed by atoms with Gasteiger partial charge in [-0.05, 0) is 24.6 Å². The average molecular weight is 175 g/mol. The Morgan fingerprint density at radius 1 is 1.54 bits per heavy atom. The van der Waals surface area contributed by atoms with Gasteiger partial charge in [-0.25, -0.2) is 0 Å². The summed E-state index contributed by atoms with van der Waals surface area (Å²) < 4.78 is 0. The molecule has 1 aromatic rings. The van der Waals surface area contributed by atoms with E-state index in [0.717, 1.165) is 5.56 Å². The number of Topliss-reactive ketones (excluding diaryl/α,β-unsaturated/α-hetero) is 1. The lowest BCUT2D eigenvalue weighted by Crippen LogP contribution is -1.97. The largest absolute Gasteiger partial charge is 0.298 e. The van der Waals surface area contributed by atoms with Gasteiger partial charge in [-0.15, -0.1) is 0 Å². The van der Waals surface area contributed by atoms with Gasteiger partial charge in [0.05, 0.1) is 5.57 Å². The van der Waals surface area contributed by atoms with E-state index in [2.05, 4.69) is 4.98 Å². The van der Waals surface area contributed by atoms with Crippen LogP contribution in [0.1, 0.15) is 12.5 Å². The zero-order chi connectivity index (χ0) is 9.68. The molecule has 0 bridgehead atoms. The summed E-state index contributed by atoms with van der Waals surface area (Å²) in [6, 6.07) is 3.52. The third-order valence-corrected chi connectivity index (χ3v) is 1.54. The van der Waals surface area contributed by atoms with Crippen molar-refractivity contribution in [1.82, 2.24) is 4.98 Å². The smallest absolute Gasteiger partial charge is 0.163 e. The fraction of sp³-hybridized carbons (Fsp3) is 0.100. The number of rotatable bonds is 3. The number of hydrogen-bond acceptors (Lipinski definition) is 3. The second-order valence-electron chi connectivity index (χ2n) is 2.56. The highest BCUT2D eigenvalue weighted by molar-refractivity contribution is 6.14. The number of aldehydes is 1. The van der Waals surface area contributed by atoms with E-state index in [1.807, 2.05) is 0 Å². The van der Waals surface area contributed by atoms with Crippen molar-refractivity contribution in [2.24, 2.45) is 0 Å². The maximum absolute atomic E-state index is 10.9. The predicted octanol–water partition coefficient (Wildman–Crippen LogP) is 1.25. The van der Waals surface area contributed by atoms with E-state index in [0.29, 0.717) is 6.29 Å². The highest BCUT2D eigenvalue weighted by Crippen LogP contribution is 2.03. The molecule has 3 nitrogen and oxygen atoms in total. The van der Waals surface area contributed by atoms with Crippen molar-refractivity contribution in [3.05, 3.63) is 35.7 Å². The Kier molecular flexibility index (Phi) is 3.09. The summed E-state index contributed by atoms with van der Waals surface area (Å²) in [6.07, 6.45) is 5.29. The summed E-state index contributed by atoms with van der Waals surface area (Å²) >= 11 is 0. The molecule has 0 amide bonds. The lowest BCUT2D eigenvalue weighted by Gasteiger charge is -1.93. The van der Waals surface area contributed by atoms with Gasteiger partial charge in [0, 0.05) is 12.4 Å². The predicted molar refractivity (Wildman–Crippen MR) is 49.0 cm³/mol. The molecule has 0 aliphatic carbocycles. The van der Waals surface area contributed by atoms with Crippen LogP contribution in [-0.2, 0) is 9.59 Å². The fourth-order valence-electron chi connectivity index (χ4n) is 0.860. The molecule has 66 valence electrons. The molecule has 0 atom stereocenters. The van der Waals surface area contributed by atoms with Crippen LogP contribution in [-0.4, -0.2) is 17.1 Å². The number of nitrogens with zero attached hydrogens (tertiary/aromatic N) is 1. The van der Waals surface area contributed by atoms with E-state index in [1.54, 1.807) is 24.5 Å². The second-order valence-corrected chi connectivity index (χ2v) is 2.56. The minimum Gasteiger partial charge on any atom is -0.298 e. The molecule has 13 heavy (non-hydrogen) atoms. The first-order chi connectivity index (χ1) is 6.24. The number of aromatic nitrogens is 1. The third kappa shape index (κ3) is 2.63. The molecule has 0 radical (unpaired) electrons. The maximum Gasteiger partial charge on any atom is 0.163 e. The number of allylic oxidation sites excluding steroid dienone is 1. The molecule has 1 rings (SSSR count). The van der Waals surface area contributed by atoms with Crippen LogP contribution in [0.4, 0.5) is 0 Å². The molecule has 0 aromatic carbocycles. The first-order valence-corrected chi connectivity index (χ1v) is 3.82. The van der Waals surface area contributed by atoms with E-state index < -0.39 is 0 Å². The Hall–Kier alpha value is -1.77. The van der Waals surface area contributed by atoms with Crippen molar-refractivity contribution in [2.75, 3.05) is 0 Å². The van der Waals surface area contributed by atoms with Gasteiger partial charge in [0.25, 0.3) is 0 Å². The van der Waals surface area contributed by atoms with Crippen molar-refractivity contribution in [3.8, 4) is 0 Å². The van der Waals surface area contributed by atoms with Crippen LogP contribution >= 0.6 is 0 Å². The highest BCUT2D eigenvalue weighted by atomic mass is 16.1. The van der Waals surface area contributed by atoms with Crippen LogP contribution in [0, 0.1) is 0 Å². The molecule has 1 aromatic heterocycles. The molecule has 0 aliphatic heterocycles. The molecule has 3 heteroatoms. The van der Waals surface area contributed by atoms with Gasteiger partial charge in [-0.3, -0.25) is 14.6 Å². The van der Waals surface area contributed by atoms with Crippen LogP contribution in [0.15, 0.2) is 30.1 Å². The van der Waals surface area contributed by atoms with Crippen molar-refractivity contribution in [1.29, 1.82) is 0 Å². The second kappa shape index (κ2) is 4.30. The molecule has 0 fully saturated rings. The standard InChI is InChI=1S/C10H9NO2/c1-8(13)10(7-12)5-9-3-2-4-11-6-9/h2-7H,1H3/b10-5-. The molecule has 0 saturated carbocycles. The number of pyridine rings is 1. The lowest BCUT2D eigenvalue weighted by atomic mass is 10.1. The molecule has 0 aliphatic rings. The van der Waals surface area contributed by atoms with E-state index in [4.69, 9.17) is 0 Å². The molecule has 0 unspecified atom stereocenters. The van der Waals surface area contributed by atoms with Crippen LogP contribution in [0.5, 0.6) is 0 Å². The van der Waals surface area contributed by atoms with Crippen LogP contribution in [0.25, 0.3) is 6.08 Å². The van der Waals surface area contributed by atoms with Crippen molar-refractivity contribution in [3.63, 3.8) is 0 Å². The molecule has 1 heterocycles. The fourth-order valence-corrected chi connectivity index (χ4v) is 0.860. The Morgan fingerprint density at radius 3 is 2.77 bits per heavy atom. The summed E-state index contributed by atoms with van der Waals surface area (Å²) in [6.45, 7) is 1.36. The SMILES string of the molecule is CC(=O)/C(C=O)=C\c1cccnc1. The summed E-state index contributed by atoms with van der Waals surface area (Å²) in [7, 11) is 0. The van der Waals surface area contributed by atoms with Gasteiger partial charge in [0.15, 0.2) is 12.1 Å². The zero-order valence-electron chi connectivity index (χ0n) is 7.23. The normalized spacial score (nSPS) is 11.0. The minimum atomic E-state index is -0.237. The maximum atomic E-state index is 10.9. The Bertz CT molecular complexity index is 341. The number of hydrogen-bond donors (Lipinski definition) is 0. The Morgan fingerprint density at radius 2 is 2.31 bits per heavy atom. The number of ketones is 1. The van der Waals surface area contributed by atoms with Crippen LogP contribution < -0.4 is 0 Å². The van der Waals surface area contributed by atoms with Gasteiger partial charge in [0.2, 0.25) is 0 Å². The van der Waals surface area contributed by atoms with Crippen LogP contribution in [0.2, 0.25) is 0 Å². The summed E-state index contributed by atoms with van der Waals surface area (Å²) in [4.78, 5) is 25.2. The number of carbonyl (C=O) groups excluding carboxylic acids is 2. The van der Waals surface area contributed by atoms with Crippen LogP contribution in [0.3, 0.4) is 0 Å². The van der Waals surface area contributed by atoms with E-state index >= 15 is 0 Å². The Balaban J connectivity index is 2.98. The van der Waals surface area contributed by atoms with Gasteiger partial charge < -0.3 is 0 Å². The van der Waals surface area contributed by atoms with Crippen molar-refractivity contribution >= 4 is 18.1 Å². The number of carbonyl (C=O) groups is 2. The van der Waals surface area contributed by atoms with E-state index in [9.17, 15) is 9.59 Å². The minimum absolute atomic E-state index is 0.160. The molecule has 0 spiro atoms. The molecular formula is C10H9NO2. The van der Waals surface area contributed by atoms with Gasteiger partial charge in [-0.2, -0.15) is 0 Å². The third-order valence-electron chi connectivity index (χ3n) is 1.54. The van der Waals surface area contributed by atoms with Gasteiger partial charge in [0.1, 0.15) is 0 Å². The summed E-state index contributed by atoms with van der Waals surface area (Å²) in [5, 5.41) is 0. The zero-order valence-corrected chi connectivity index (χ0v) is 7.23. The molecular weight excluding hydrogens is 166 g/mol. The summed E-state index contributed by atoms with van der Waals surface area (Å²) in [5.41, 5.74) is 0.910. The topological polar surface area (TPSA) is 47.0 Å². The quantitative estimate of drug-likeness (QED) is 0.300. The molecule has 0 N–H and O–H groups in total. The van der Waals surface area contributed by atoms with E-state index in [1.165, 1.54) is 13.0 Å². The van der Waals surface area contributed by atoms with Gasteiger partial charge in [-0.1, -0.05) is 6.07 Å². The first-order valence-electron chi connectivity index (χ1n) is 3.82.